The summed E-state index contributed by atoms with van der Waals surface area (Å²) in [6.45, 7) is -0.159. The van der Waals surface area contributed by atoms with Crippen molar-refractivity contribution in [1.82, 2.24) is 9.96 Å². The monoisotopic (exact) mass is 514 g/mol. The first kappa shape index (κ1) is 23.8. The Morgan fingerprint density at radius 3 is 1.92 bits per heavy atom. The van der Waals surface area contributed by atoms with E-state index in [1.807, 2.05) is 48.5 Å². The molecule has 3 amide bonds. The Morgan fingerprint density at radius 2 is 1.34 bits per heavy atom. The molecule has 0 radical (unpaired) electrons. The van der Waals surface area contributed by atoms with Crippen molar-refractivity contribution >= 4 is 23.9 Å². The summed E-state index contributed by atoms with van der Waals surface area (Å²) < 4.78 is 20.0. The van der Waals surface area contributed by atoms with Crippen LogP contribution in [0.15, 0.2) is 72.8 Å². The van der Waals surface area contributed by atoms with Gasteiger partial charge in [0.05, 0.1) is 24.1 Å². The van der Waals surface area contributed by atoms with Crippen LogP contribution in [0.4, 0.5) is 9.18 Å². The first-order chi connectivity index (χ1) is 18.4. The molecular formula is C29H23FN2O6. The normalized spacial score (nSPS) is 19.8. The average Bonchev–Trinajstić information content (AvgIpc) is 3.53. The first-order valence-electron chi connectivity index (χ1n) is 12.4. The van der Waals surface area contributed by atoms with Gasteiger partial charge in [0.1, 0.15) is 12.8 Å². The van der Waals surface area contributed by atoms with Gasteiger partial charge < -0.3 is 14.5 Å². The molecule has 0 unspecified atom stereocenters. The predicted molar refractivity (Wildman–Crippen MR) is 133 cm³/mol. The molecule has 2 heterocycles. The topological polar surface area (TPSA) is 93.2 Å². The van der Waals surface area contributed by atoms with Crippen LogP contribution in [0.3, 0.4) is 0 Å². The van der Waals surface area contributed by atoms with Crippen LogP contribution in [0.2, 0.25) is 0 Å². The number of hydroxylamine groups is 2. The van der Waals surface area contributed by atoms with E-state index in [9.17, 15) is 23.6 Å². The van der Waals surface area contributed by atoms with E-state index < -0.39 is 42.5 Å². The Kier molecular flexibility index (Phi) is 5.90. The maximum atomic E-state index is 14.4. The summed E-state index contributed by atoms with van der Waals surface area (Å²) in [4.78, 5) is 56.9. The fourth-order valence-electron chi connectivity index (χ4n) is 5.54. The number of ether oxygens (including phenoxy) is 1. The maximum absolute atomic E-state index is 14.4. The molecule has 0 spiro atoms. The Bertz CT molecular complexity index is 1390. The van der Waals surface area contributed by atoms with E-state index in [-0.39, 0.29) is 36.6 Å². The molecule has 192 valence electrons. The molecule has 2 atom stereocenters. The number of imide groups is 1. The van der Waals surface area contributed by atoms with Gasteiger partial charge in [0.2, 0.25) is 0 Å². The van der Waals surface area contributed by atoms with E-state index in [1.54, 1.807) is 12.1 Å². The van der Waals surface area contributed by atoms with Crippen LogP contribution in [0.5, 0.6) is 0 Å². The lowest BCUT2D eigenvalue weighted by Crippen LogP contribution is -2.40. The molecule has 0 bridgehead atoms. The first-order valence-corrected chi connectivity index (χ1v) is 12.4. The second kappa shape index (κ2) is 9.41. The van der Waals surface area contributed by atoms with Crippen molar-refractivity contribution in [2.75, 3.05) is 13.2 Å². The molecule has 3 aromatic rings. The highest BCUT2D eigenvalue weighted by Crippen LogP contribution is 2.44. The van der Waals surface area contributed by atoms with Gasteiger partial charge in [0, 0.05) is 18.4 Å². The molecule has 0 saturated carbocycles. The number of likely N-dealkylation sites (tertiary alicyclic amines) is 1. The zero-order valence-electron chi connectivity index (χ0n) is 20.2. The lowest BCUT2D eigenvalue weighted by Gasteiger charge is -2.24. The average molecular weight is 515 g/mol. The molecule has 1 saturated heterocycles. The van der Waals surface area contributed by atoms with E-state index in [1.165, 1.54) is 17.0 Å². The number of amides is 3. The molecule has 1 aliphatic carbocycles. The largest absolute Gasteiger partial charge is 0.448 e. The van der Waals surface area contributed by atoms with Crippen LogP contribution in [0, 0.1) is 0 Å². The minimum atomic E-state index is -1.34. The molecule has 6 rings (SSSR count). The SMILES string of the molecule is O=C(C[C@@H]1C[C@@H](F)CN1C(=O)OCC1c2ccccc2-c2ccccc21)ON1C(=O)c2ccccc2C1=O. The van der Waals surface area contributed by atoms with E-state index >= 15 is 0 Å². The van der Waals surface area contributed by atoms with E-state index in [4.69, 9.17) is 9.57 Å². The lowest BCUT2D eigenvalue weighted by molar-refractivity contribution is -0.169. The van der Waals surface area contributed by atoms with Gasteiger partial charge in [-0.25, -0.2) is 14.0 Å². The summed E-state index contributed by atoms with van der Waals surface area (Å²) in [5, 5.41) is 0.409. The fourth-order valence-corrected chi connectivity index (χ4v) is 5.54. The highest BCUT2D eigenvalue weighted by Gasteiger charge is 2.42. The number of hydrogen-bond acceptors (Lipinski definition) is 6. The summed E-state index contributed by atoms with van der Waals surface area (Å²) in [6.07, 6.45) is -2.54. The number of carbonyl (C=O) groups is 4. The van der Waals surface area contributed by atoms with Crippen molar-refractivity contribution in [3.63, 3.8) is 0 Å². The van der Waals surface area contributed by atoms with Gasteiger partial charge in [-0.3, -0.25) is 9.59 Å². The van der Waals surface area contributed by atoms with Crippen LogP contribution in [0.25, 0.3) is 11.1 Å². The standard InChI is InChI=1S/C29H23FN2O6/c30-17-13-18(14-26(33)38-32-27(34)23-11-5-6-12-24(23)28(32)35)31(15-17)29(36)37-16-25-21-9-3-1-7-19(21)20-8-2-4-10-22(20)25/h1-12,17-18,25H,13-16H2/t17-,18+/m1/s1. The molecule has 1 fully saturated rings. The van der Waals surface area contributed by atoms with Crippen molar-refractivity contribution in [1.29, 1.82) is 0 Å². The van der Waals surface area contributed by atoms with Crippen LogP contribution in [-0.2, 0) is 14.4 Å². The van der Waals surface area contributed by atoms with Crippen molar-refractivity contribution in [2.24, 2.45) is 0 Å². The van der Waals surface area contributed by atoms with Gasteiger partial charge in [-0.15, -0.1) is 0 Å². The number of hydrogen-bond donors (Lipinski definition) is 0. The van der Waals surface area contributed by atoms with Gasteiger partial charge >= 0.3 is 12.1 Å². The fraction of sp³-hybridized carbons (Fsp3) is 0.241. The number of fused-ring (bicyclic) bond motifs is 4. The van der Waals surface area contributed by atoms with Gasteiger partial charge in [-0.05, 0) is 34.4 Å². The Hall–Kier alpha value is -4.53. The van der Waals surface area contributed by atoms with E-state index in [0.29, 0.717) is 5.06 Å². The third kappa shape index (κ3) is 4.00. The number of nitrogens with zero attached hydrogens (tertiary/aromatic N) is 2. The van der Waals surface area contributed by atoms with Crippen LogP contribution >= 0.6 is 0 Å². The van der Waals surface area contributed by atoms with Crippen LogP contribution in [-0.4, -0.2) is 59.2 Å². The molecule has 3 aliphatic rings. The Balaban J connectivity index is 1.11. The number of benzene rings is 3. The third-order valence-corrected chi connectivity index (χ3v) is 7.29. The van der Waals surface area contributed by atoms with Gasteiger partial charge in [0.15, 0.2) is 0 Å². The Labute approximate surface area is 217 Å². The number of alkyl halides is 1. The van der Waals surface area contributed by atoms with E-state index in [2.05, 4.69) is 0 Å². The summed E-state index contributed by atoms with van der Waals surface area (Å²) >= 11 is 0. The van der Waals surface area contributed by atoms with Gasteiger partial charge in [0.25, 0.3) is 11.8 Å². The zero-order chi connectivity index (χ0) is 26.4. The zero-order valence-corrected chi connectivity index (χ0v) is 20.2. The van der Waals surface area contributed by atoms with Crippen molar-refractivity contribution < 1.29 is 33.1 Å². The van der Waals surface area contributed by atoms with Gasteiger partial charge in [-0.1, -0.05) is 65.7 Å². The minimum absolute atomic E-state index is 0.0620. The molecule has 3 aromatic carbocycles. The maximum Gasteiger partial charge on any atom is 0.410 e. The predicted octanol–water partition coefficient (Wildman–Crippen LogP) is 4.49. The van der Waals surface area contributed by atoms with Gasteiger partial charge in [-0.2, -0.15) is 0 Å². The molecule has 0 N–H and O–H groups in total. The molecule has 0 aromatic heterocycles. The van der Waals surface area contributed by atoms with Crippen LogP contribution < -0.4 is 0 Å². The van der Waals surface area contributed by atoms with Crippen molar-refractivity contribution in [3.8, 4) is 11.1 Å². The summed E-state index contributed by atoms with van der Waals surface area (Å²) in [6, 6.07) is 21.1. The smallest absolute Gasteiger partial charge is 0.410 e. The highest BCUT2D eigenvalue weighted by atomic mass is 19.1. The molecule has 8 nitrogen and oxygen atoms in total. The van der Waals surface area contributed by atoms with E-state index in [0.717, 1.165) is 22.3 Å². The highest BCUT2D eigenvalue weighted by molar-refractivity contribution is 6.20. The van der Waals surface area contributed by atoms with Crippen molar-refractivity contribution in [2.45, 2.75) is 31.0 Å². The number of halogens is 1. The lowest BCUT2D eigenvalue weighted by atomic mass is 9.98. The molecular weight excluding hydrogens is 491 g/mol. The summed E-state index contributed by atoms with van der Waals surface area (Å²) in [7, 11) is 0. The third-order valence-electron chi connectivity index (χ3n) is 7.29. The second-order valence-corrected chi connectivity index (χ2v) is 9.56. The molecule has 9 heteroatoms. The number of carbonyl (C=O) groups excluding carboxylic acids is 4. The minimum Gasteiger partial charge on any atom is -0.448 e. The second-order valence-electron chi connectivity index (χ2n) is 9.56. The van der Waals surface area contributed by atoms with Crippen molar-refractivity contribution in [3.05, 3.63) is 95.1 Å². The summed E-state index contributed by atoms with van der Waals surface area (Å²) in [5.74, 6) is -2.58. The number of rotatable bonds is 5. The molecule has 38 heavy (non-hydrogen) atoms. The van der Waals surface area contributed by atoms with Crippen LogP contribution in [0.1, 0.15) is 50.6 Å². The quantitative estimate of drug-likeness (QED) is 0.466. The summed E-state index contributed by atoms with van der Waals surface area (Å²) in [5.41, 5.74) is 4.54. The molecule has 2 aliphatic heterocycles. The Morgan fingerprint density at radius 1 is 0.816 bits per heavy atom.